The highest BCUT2D eigenvalue weighted by Gasteiger charge is 2.23. The number of imidazole rings is 1. The average Bonchev–Trinajstić information content (AvgIpc) is 3.37. The molecule has 0 bridgehead atoms. The van der Waals surface area contributed by atoms with Crippen LogP contribution in [0, 0.1) is 0 Å². The van der Waals surface area contributed by atoms with Crippen LogP contribution in [0.25, 0.3) is 16.9 Å². The van der Waals surface area contributed by atoms with E-state index >= 15 is 0 Å². The number of carbonyl (C=O) groups excluding carboxylic acids is 2. The van der Waals surface area contributed by atoms with Gasteiger partial charge in [-0.1, -0.05) is 30.3 Å². The van der Waals surface area contributed by atoms with Crippen molar-refractivity contribution in [1.82, 2.24) is 24.5 Å². The number of hydrogen-bond donors (Lipinski definition) is 3. The number of rotatable bonds is 6. The standard InChI is InChI=1S/C22H22N6O3/c1-14(13-29)24-21(30)17-11-23-27(2)20(17)22(31)25-16-8-9-28-12-18(26-19(28)10-16)15-6-4-3-5-7-15/h3-12,14,29H,13H2,1-2H3,(H,24,30)(H,25,31). The number of aliphatic hydroxyl groups is 1. The van der Waals surface area contributed by atoms with Gasteiger partial charge in [-0.25, -0.2) is 4.98 Å². The number of fused-ring (bicyclic) bond motifs is 1. The number of hydrogen-bond acceptors (Lipinski definition) is 5. The van der Waals surface area contributed by atoms with Gasteiger partial charge in [-0.15, -0.1) is 0 Å². The van der Waals surface area contributed by atoms with Gasteiger partial charge in [0.25, 0.3) is 11.8 Å². The largest absolute Gasteiger partial charge is 0.394 e. The Morgan fingerprint density at radius 3 is 2.68 bits per heavy atom. The number of aliphatic hydroxyl groups excluding tert-OH is 1. The van der Waals surface area contributed by atoms with Gasteiger partial charge in [0.2, 0.25) is 0 Å². The van der Waals surface area contributed by atoms with E-state index in [0.717, 1.165) is 11.3 Å². The minimum absolute atomic E-state index is 0.121. The first kappa shape index (κ1) is 20.3. The molecule has 0 saturated heterocycles. The molecule has 0 radical (unpaired) electrons. The first-order valence-corrected chi connectivity index (χ1v) is 9.75. The van der Waals surface area contributed by atoms with Gasteiger partial charge in [0.15, 0.2) is 0 Å². The fourth-order valence-corrected chi connectivity index (χ4v) is 3.22. The maximum absolute atomic E-state index is 12.9. The minimum atomic E-state index is -0.476. The number of carbonyl (C=O) groups is 2. The predicted octanol–water partition coefficient (Wildman–Crippen LogP) is 2.10. The number of nitrogens with zero attached hydrogens (tertiary/aromatic N) is 4. The van der Waals surface area contributed by atoms with Gasteiger partial charge in [0.1, 0.15) is 11.3 Å². The van der Waals surface area contributed by atoms with E-state index in [1.54, 1.807) is 26.1 Å². The van der Waals surface area contributed by atoms with Crippen molar-refractivity contribution < 1.29 is 14.7 Å². The Hall–Kier alpha value is -3.98. The molecule has 31 heavy (non-hydrogen) atoms. The van der Waals surface area contributed by atoms with Crippen LogP contribution in [-0.4, -0.2) is 48.7 Å². The van der Waals surface area contributed by atoms with Crippen LogP contribution in [0.2, 0.25) is 0 Å². The van der Waals surface area contributed by atoms with Crippen LogP contribution in [0.4, 0.5) is 5.69 Å². The van der Waals surface area contributed by atoms with Crippen LogP contribution >= 0.6 is 0 Å². The first-order valence-electron chi connectivity index (χ1n) is 9.75. The zero-order valence-corrected chi connectivity index (χ0v) is 17.1. The molecule has 3 N–H and O–H groups in total. The third kappa shape index (κ3) is 4.17. The van der Waals surface area contributed by atoms with E-state index < -0.39 is 17.9 Å². The zero-order chi connectivity index (χ0) is 22.0. The van der Waals surface area contributed by atoms with Gasteiger partial charge >= 0.3 is 0 Å². The second kappa shape index (κ2) is 8.41. The van der Waals surface area contributed by atoms with Crippen LogP contribution in [0.15, 0.2) is 61.1 Å². The van der Waals surface area contributed by atoms with E-state index in [1.807, 2.05) is 47.1 Å². The Morgan fingerprint density at radius 2 is 1.94 bits per heavy atom. The van der Waals surface area contributed by atoms with Gasteiger partial charge in [-0.2, -0.15) is 5.10 Å². The highest BCUT2D eigenvalue weighted by Crippen LogP contribution is 2.21. The lowest BCUT2D eigenvalue weighted by atomic mass is 10.2. The molecule has 4 rings (SSSR count). The molecule has 0 fully saturated rings. The molecule has 9 heteroatoms. The molecule has 0 saturated carbocycles. The van der Waals surface area contributed by atoms with Crippen LogP contribution in [0.5, 0.6) is 0 Å². The Bertz CT molecular complexity index is 1240. The highest BCUT2D eigenvalue weighted by molar-refractivity contribution is 6.11. The number of amides is 2. The summed E-state index contributed by atoms with van der Waals surface area (Å²) in [5, 5.41) is 18.6. The molecule has 0 aliphatic carbocycles. The van der Waals surface area contributed by atoms with Crippen LogP contribution in [0.3, 0.4) is 0 Å². The maximum Gasteiger partial charge on any atom is 0.274 e. The summed E-state index contributed by atoms with van der Waals surface area (Å²) in [5.74, 6) is -0.947. The minimum Gasteiger partial charge on any atom is -0.394 e. The van der Waals surface area contributed by atoms with Crippen molar-refractivity contribution in [2.24, 2.45) is 7.05 Å². The molecular formula is C22H22N6O3. The fourth-order valence-electron chi connectivity index (χ4n) is 3.22. The first-order chi connectivity index (χ1) is 15.0. The van der Waals surface area contributed by atoms with Crippen molar-refractivity contribution in [3.8, 4) is 11.3 Å². The van der Waals surface area contributed by atoms with Gasteiger partial charge in [-0.05, 0) is 13.0 Å². The van der Waals surface area contributed by atoms with Crippen molar-refractivity contribution in [1.29, 1.82) is 0 Å². The Labute approximate surface area is 178 Å². The molecule has 0 spiro atoms. The molecule has 0 aliphatic heterocycles. The van der Waals surface area contributed by atoms with E-state index in [2.05, 4.69) is 20.7 Å². The zero-order valence-electron chi connectivity index (χ0n) is 17.1. The van der Waals surface area contributed by atoms with Crippen molar-refractivity contribution in [3.63, 3.8) is 0 Å². The normalized spacial score (nSPS) is 12.0. The number of aryl methyl sites for hydroxylation is 1. The summed E-state index contributed by atoms with van der Waals surface area (Å²) < 4.78 is 3.21. The average molecular weight is 418 g/mol. The van der Waals surface area contributed by atoms with Gasteiger partial charge in [0, 0.05) is 42.8 Å². The molecule has 2 amide bonds. The topological polar surface area (TPSA) is 114 Å². The van der Waals surface area contributed by atoms with E-state index in [1.165, 1.54) is 10.9 Å². The fraction of sp³-hybridized carbons (Fsp3) is 0.182. The van der Waals surface area contributed by atoms with Crippen molar-refractivity contribution in [2.75, 3.05) is 11.9 Å². The highest BCUT2D eigenvalue weighted by atomic mass is 16.3. The number of nitrogens with one attached hydrogen (secondary N) is 2. The number of aromatic nitrogens is 4. The quantitative estimate of drug-likeness (QED) is 0.444. The Balaban J connectivity index is 1.58. The van der Waals surface area contributed by atoms with E-state index in [9.17, 15) is 9.59 Å². The summed E-state index contributed by atoms with van der Waals surface area (Å²) in [4.78, 5) is 30.0. The third-order valence-corrected chi connectivity index (χ3v) is 4.84. The monoisotopic (exact) mass is 418 g/mol. The van der Waals surface area contributed by atoms with E-state index in [4.69, 9.17) is 5.11 Å². The summed E-state index contributed by atoms with van der Waals surface area (Å²) in [7, 11) is 1.59. The Morgan fingerprint density at radius 1 is 1.16 bits per heavy atom. The summed E-state index contributed by atoms with van der Waals surface area (Å²) in [6.45, 7) is 1.46. The smallest absolute Gasteiger partial charge is 0.274 e. The molecule has 3 aromatic heterocycles. The molecule has 158 valence electrons. The molecule has 4 aromatic rings. The van der Waals surface area contributed by atoms with Crippen LogP contribution in [0.1, 0.15) is 27.8 Å². The molecule has 0 aliphatic rings. The second-order valence-electron chi connectivity index (χ2n) is 7.21. The second-order valence-corrected chi connectivity index (χ2v) is 7.21. The van der Waals surface area contributed by atoms with Gasteiger partial charge < -0.3 is 20.1 Å². The van der Waals surface area contributed by atoms with Crippen molar-refractivity contribution >= 4 is 23.1 Å². The van der Waals surface area contributed by atoms with Gasteiger partial charge in [0.05, 0.1) is 24.1 Å². The number of pyridine rings is 1. The van der Waals surface area contributed by atoms with Crippen molar-refractivity contribution in [2.45, 2.75) is 13.0 Å². The van der Waals surface area contributed by atoms with Crippen LogP contribution < -0.4 is 10.6 Å². The maximum atomic E-state index is 12.9. The lowest BCUT2D eigenvalue weighted by molar-refractivity contribution is 0.0911. The van der Waals surface area contributed by atoms with Crippen molar-refractivity contribution in [3.05, 3.63) is 72.3 Å². The Kier molecular flexibility index (Phi) is 5.50. The summed E-state index contributed by atoms with van der Waals surface area (Å²) in [6, 6.07) is 12.9. The molecule has 1 aromatic carbocycles. The molecule has 1 unspecified atom stereocenters. The molecular weight excluding hydrogens is 396 g/mol. The molecule has 1 atom stereocenters. The SMILES string of the molecule is CC(CO)NC(=O)c1cnn(C)c1C(=O)Nc1ccn2cc(-c3ccccc3)nc2c1. The molecule has 9 nitrogen and oxygen atoms in total. The van der Waals surface area contributed by atoms with E-state index in [-0.39, 0.29) is 17.9 Å². The lowest BCUT2D eigenvalue weighted by Gasteiger charge is -2.11. The molecule has 3 heterocycles. The lowest BCUT2D eigenvalue weighted by Crippen LogP contribution is -2.36. The summed E-state index contributed by atoms with van der Waals surface area (Å²) in [5.41, 5.74) is 3.30. The number of anilines is 1. The van der Waals surface area contributed by atoms with Crippen LogP contribution in [-0.2, 0) is 7.05 Å². The summed E-state index contributed by atoms with van der Waals surface area (Å²) in [6.07, 6.45) is 5.06. The predicted molar refractivity (Wildman–Crippen MR) is 116 cm³/mol. The van der Waals surface area contributed by atoms with E-state index in [0.29, 0.717) is 11.3 Å². The summed E-state index contributed by atoms with van der Waals surface area (Å²) >= 11 is 0. The van der Waals surface area contributed by atoms with Gasteiger partial charge in [-0.3, -0.25) is 14.3 Å². The third-order valence-electron chi connectivity index (χ3n) is 4.84. The number of benzene rings is 1.